The first-order chi connectivity index (χ1) is 9.46. The van der Waals surface area contributed by atoms with E-state index in [0.29, 0.717) is 12.4 Å². The maximum Gasteiger partial charge on any atom is 0.335 e. The number of nitrogens with zero attached hydrogens (tertiary/aromatic N) is 2. The van der Waals surface area contributed by atoms with Crippen molar-refractivity contribution in [3.05, 3.63) is 36.0 Å². The highest BCUT2D eigenvalue weighted by molar-refractivity contribution is 5.88. The van der Waals surface area contributed by atoms with E-state index in [1.807, 2.05) is 20.8 Å². The van der Waals surface area contributed by atoms with Gasteiger partial charge in [-0.1, -0.05) is 26.8 Å². The molecule has 0 saturated heterocycles. The maximum atomic E-state index is 11.4. The first-order valence-corrected chi connectivity index (χ1v) is 7.11. The molecule has 1 N–H and O–H groups in total. The van der Waals surface area contributed by atoms with Crippen molar-refractivity contribution < 1.29 is 9.90 Å². The number of rotatable bonds is 4. The van der Waals surface area contributed by atoms with E-state index in [1.54, 1.807) is 18.2 Å². The summed E-state index contributed by atoms with van der Waals surface area (Å²) in [7, 11) is 0. The summed E-state index contributed by atoms with van der Waals surface area (Å²) in [4.78, 5) is 18.1. The molecule has 0 aromatic carbocycles. The predicted octanol–water partition coefficient (Wildman–Crippen LogP) is 3.87. The van der Waals surface area contributed by atoms with Crippen LogP contribution in [0.4, 0.5) is 5.82 Å². The average molecular weight is 290 g/mol. The molecular formula is C17H26N2O2. The first-order valence-electron chi connectivity index (χ1n) is 7.11. The molecule has 1 rings (SSSR count). The Bertz CT molecular complexity index is 537. The molecule has 1 aromatic rings. The second kappa shape index (κ2) is 5.88. The van der Waals surface area contributed by atoms with Gasteiger partial charge in [-0.3, -0.25) is 0 Å². The zero-order valence-corrected chi connectivity index (χ0v) is 13.9. The number of aromatic carboxylic acids is 1. The van der Waals surface area contributed by atoms with Gasteiger partial charge in [0, 0.05) is 23.2 Å². The summed E-state index contributed by atoms with van der Waals surface area (Å²) >= 11 is 0. The molecule has 116 valence electrons. The number of carboxylic acid groups (broad SMARTS) is 1. The number of pyridine rings is 1. The van der Waals surface area contributed by atoms with Crippen LogP contribution in [0, 0.1) is 0 Å². The standard InChI is InChI=1S/C17H26N2O2/c1-8-9-19(17(5,6)7)14-11-12(15(20)21)10-13(18-14)16(2,3)4/h8,10-11H,1,9H2,2-7H3,(H,20,21). The van der Waals surface area contributed by atoms with E-state index in [9.17, 15) is 9.90 Å². The quantitative estimate of drug-likeness (QED) is 0.855. The van der Waals surface area contributed by atoms with Gasteiger partial charge >= 0.3 is 5.97 Å². The van der Waals surface area contributed by atoms with Crippen LogP contribution >= 0.6 is 0 Å². The Morgan fingerprint density at radius 1 is 1.29 bits per heavy atom. The Hall–Kier alpha value is -1.84. The zero-order chi connectivity index (χ0) is 16.4. The minimum absolute atomic E-state index is 0.173. The van der Waals surface area contributed by atoms with E-state index in [-0.39, 0.29) is 16.5 Å². The van der Waals surface area contributed by atoms with Crippen molar-refractivity contribution in [3.63, 3.8) is 0 Å². The summed E-state index contributed by atoms with van der Waals surface area (Å²) in [6.07, 6.45) is 1.80. The van der Waals surface area contributed by atoms with Gasteiger partial charge in [-0.25, -0.2) is 9.78 Å². The van der Waals surface area contributed by atoms with Crippen LogP contribution in [0.25, 0.3) is 0 Å². The third kappa shape index (κ3) is 4.31. The fourth-order valence-corrected chi connectivity index (χ4v) is 2.00. The molecule has 0 bridgehead atoms. The Labute approximate surface area is 127 Å². The van der Waals surface area contributed by atoms with Gasteiger partial charge in [-0.2, -0.15) is 0 Å². The first kappa shape index (κ1) is 17.2. The fraction of sp³-hybridized carbons (Fsp3) is 0.529. The molecule has 0 aliphatic heterocycles. The van der Waals surface area contributed by atoms with Crippen molar-refractivity contribution in [2.45, 2.75) is 52.5 Å². The van der Waals surface area contributed by atoms with Crippen molar-refractivity contribution in [1.29, 1.82) is 0 Å². The van der Waals surface area contributed by atoms with Crippen LogP contribution in [0.5, 0.6) is 0 Å². The number of hydrogen-bond acceptors (Lipinski definition) is 3. The van der Waals surface area contributed by atoms with E-state index in [2.05, 4.69) is 37.2 Å². The van der Waals surface area contributed by atoms with Crippen LogP contribution in [-0.4, -0.2) is 28.1 Å². The normalized spacial score (nSPS) is 12.1. The number of carboxylic acids is 1. The topological polar surface area (TPSA) is 53.4 Å². The van der Waals surface area contributed by atoms with Crippen LogP contribution in [-0.2, 0) is 5.41 Å². The van der Waals surface area contributed by atoms with Gasteiger partial charge in [0.2, 0.25) is 0 Å². The molecule has 0 aliphatic rings. The van der Waals surface area contributed by atoms with Gasteiger partial charge in [0.1, 0.15) is 5.82 Å². The van der Waals surface area contributed by atoms with Gasteiger partial charge in [-0.05, 0) is 32.9 Å². The second-order valence-electron chi connectivity index (χ2n) is 7.22. The molecule has 4 nitrogen and oxygen atoms in total. The highest BCUT2D eigenvalue weighted by Gasteiger charge is 2.25. The second-order valence-corrected chi connectivity index (χ2v) is 7.22. The smallest absolute Gasteiger partial charge is 0.335 e. The number of hydrogen-bond donors (Lipinski definition) is 1. The van der Waals surface area contributed by atoms with Gasteiger partial charge < -0.3 is 10.0 Å². The largest absolute Gasteiger partial charge is 0.478 e. The minimum Gasteiger partial charge on any atom is -0.478 e. The summed E-state index contributed by atoms with van der Waals surface area (Å²) in [6, 6.07) is 3.28. The van der Waals surface area contributed by atoms with Gasteiger partial charge in [-0.15, -0.1) is 6.58 Å². The summed E-state index contributed by atoms with van der Waals surface area (Å²) in [5.74, 6) is -0.260. The van der Waals surface area contributed by atoms with Crippen LogP contribution in [0.1, 0.15) is 57.6 Å². The van der Waals surface area contributed by atoms with E-state index >= 15 is 0 Å². The van der Waals surface area contributed by atoms with Crippen molar-refractivity contribution in [2.24, 2.45) is 0 Å². The molecule has 0 saturated carbocycles. The molecular weight excluding hydrogens is 264 g/mol. The molecule has 21 heavy (non-hydrogen) atoms. The van der Waals surface area contributed by atoms with Crippen LogP contribution in [0.2, 0.25) is 0 Å². The van der Waals surface area contributed by atoms with Crippen molar-refractivity contribution in [1.82, 2.24) is 4.98 Å². The van der Waals surface area contributed by atoms with Gasteiger partial charge in [0.15, 0.2) is 0 Å². The molecule has 0 radical (unpaired) electrons. The lowest BCUT2D eigenvalue weighted by atomic mass is 9.90. The SMILES string of the molecule is C=CCN(c1cc(C(=O)O)cc(C(C)(C)C)n1)C(C)(C)C. The average Bonchev–Trinajstić information content (AvgIpc) is 2.32. The molecule has 1 aromatic heterocycles. The third-order valence-corrected chi connectivity index (χ3v) is 3.23. The Balaban J connectivity index is 3.49. The molecule has 0 spiro atoms. The maximum absolute atomic E-state index is 11.4. The van der Waals surface area contributed by atoms with Gasteiger partial charge in [0.25, 0.3) is 0 Å². The van der Waals surface area contributed by atoms with Crippen LogP contribution in [0.15, 0.2) is 24.8 Å². The lowest BCUT2D eigenvalue weighted by molar-refractivity contribution is 0.0696. The van der Waals surface area contributed by atoms with Crippen LogP contribution in [0.3, 0.4) is 0 Å². The molecule has 0 unspecified atom stereocenters. The number of aromatic nitrogens is 1. The molecule has 0 fully saturated rings. The van der Waals surface area contributed by atoms with E-state index < -0.39 is 5.97 Å². The van der Waals surface area contributed by atoms with Crippen molar-refractivity contribution in [3.8, 4) is 0 Å². The summed E-state index contributed by atoms with van der Waals surface area (Å²) in [5, 5.41) is 9.35. The molecule has 0 aliphatic carbocycles. The van der Waals surface area contributed by atoms with E-state index in [4.69, 9.17) is 0 Å². The highest BCUT2D eigenvalue weighted by Crippen LogP contribution is 2.28. The lowest BCUT2D eigenvalue weighted by Crippen LogP contribution is -2.42. The van der Waals surface area contributed by atoms with Crippen molar-refractivity contribution in [2.75, 3.05) is 11.4 Å². The minimum atomic E-state index is -0.934. The summed E-state index contributed by atoms with van der Waals surface area (Å²) < 4.78 is 0. The monoisotopic (exact) mass is 290 g/mol. The number of carbonyl (C=O) groups is 1. The molecule has 0 amide bonds. The third-order valence-electron chi connectivity index (χ3n) is 3.23. The molecule has 4 heteroatoms. The van der Waals surface area contributed by atoms with Crippen molar-refractivity contribution >= 4 is 11.8 Å². The van der Waals surface area contributed by atoms with E-state index in [0.717, 1.165) is 5.69 Å². The molecule has 1 heterocycles. The zero-order valence-electron chi connectivity index (χ0n) is 13.9. The van der Waals surface area contributed by atoms with Gasteiger partial charge in [0.05, 0.1) is 5.56 Å². The highest BCUT2D eigenvalue weighted by atomic mass is 16.4. The lowest BCUT2D eigenvalue weighted by Gasteiger charge is -2.37. The van der Waals surface area contributed by atoms with E-state index in [1.165, 1.54) is 0 Å². The summed E-state index contributed by atoms with van der Waals surface area (Å²) in [5.41, 5.74) is 0.657. The Kier molecular flexibility index (Phi) is 4.82. The fourth-order valence-electron chi connectivity index (χ4n) is 2.00. The molecule has 0 atom stereocenters. The van der Waals surface area contributed by atoms with Crippen LogP contribution < -0.4 is 4.90 Å². The Morgan fingerprint density at radius 3 is 2.24 bits per heavy atom. The predicted molar refractivity (Wildman–Crippen MR) is 87.2 cm³/mol. The number of anilines is 1. The summed E-state index contributed by atoms with van der Waals surface area (Å²) in [6.45, 7) is 16.7. The Morgan fingerprint density at radius 2 is 1.86 bits per heavy atom.